The standard InChI is InChI=1S/C18H20N4O3/c19-17(23)13-8-20-21-16(13)11-4-3-7-22(9-11)18(24)14-10-25-15-6-2-1-5-12(14)15/h1-2,5-6,8,11,14H,3-4,7,9-10H2,(H2,19,23)(H,20,21)/t11-,14+/m0/s1. The zero-order chi connectivity index (χ0) is 17.4. The third-order valence-corrected chi connectivity index (χ3v) is 5.07. The molecule has 0 saturated carbocycles. The number of amides is 2. The fourth-order valence-corrected chi connectivity index (χ4v) is 3.80. The van der Waals surface area contributed by atoms with Gasteiger partial charge in [-0.05, 0) is 18.9 Å². The predicted molar refractivity (Wildman–Crippen MR) is 90.3 cm³/mol. The zero-order valence-corrected chi connectivity index (χ0v) is 13.8. The average Bonchev–Trinajstić information content (AvgIpc) is 3.28. The summed E-state index contributed by atoms with van der Waals surface area (Å²) in [4.78, 5) is 26.4. The molecule has 3 N–H and O–H groups in total. The second-order valence-corrected chi connectivity index (χ2v) is 6.59. The number of nitrogens with one attached hydrogen (secondary N) is 1. The van der Waals surface area contributed by atoms with Crippen LogP contribution < -0.4 is 10.5 Å². The number of aromatic nitrogens is 2. The predicted octanol–water partition coefficient (Wildman–Crippen LogP) is 1.39. The Morgan fingerprint density at radius 3 is 3.00 bits per heavy atom. The second-order valence-electron chi connectivity index (χ2n) is 6.59. The summed E-state index contributed by atoms with van der Waals surface area (Å²) < 4.78 is 5.65. The summed E-state index contributed by atoms with van der Waals surface area (Å²) >= 11 is 0. The highest BCUT2D eigenvalue weighted by molar-refractivity contribution is 5.94. The first kappa shape index (κ1) is 15.7. The van der Waals surface area contributed by atoms with Crippen molar-refractivity contribution in [2.75, 3.05) is 19.7 Å². The van der Waals surface area contributed by atoms with Crippen molar-refractivity contribution in [1.82, 2.24) is 15.1 Å². The van der Waals surface area contributed by atoms with Crippen molar-refractivity contribution >= 4 is 11.8 Å². The topological polar surface area (TPSA) is 101 Å². The van der Waals surface area contributed by atoms with Crippen LogP contribution in [-0.4, -0.2) is 46.6 Å². The lowest BCUT2D eigenvalue weighted by Crippen LogP contribution is -2.42. The summed E-state index contributed by atoms with van der Waals surface area (Å²) in [5.41, 5.74) is 7.51. The molecule has 0 aliphatic carbocycles. The lowest BCUT2D eigenvalue weighted by molar-refractivity contribution is -0.134. The number of ether oxygens (including phenoxy) is 1. The molecule has 7 nitrogen and oxygen atoms in total. The Morgan fingerprint density at radius 1 is 1.32 bits per heavy atom. The van der Waals surface area contributed by atoms with Gasteiger partial charge in [-0.3, -0.25) is 14.7 Å². The highest BCUT2D eigenvalue weighted by Gasteiger charge is 2.36. The van der Waals surface area contributed by atoms with Crippen molar-refractivity contribution in [3.8, 4) is 5.75 Å². The largest absolute Gasteiger partial charge is 0.492 e. The molecule has 0 bridgehead atoms. The first-order valence-corrected chi connectivity index (χ1v) is 8.48. The molecule has 3 heterocycles. The molecule has 2 amide bonds. The van der Waals surface area contributed by atoms with Crippen molar-refractivity contribution in [2.24, 2.45) is 5.73 Å². The number of H-pyrrole nitrogens is 1. The lowest BCUT2D eigenvalue weighted by atomic mass is 9.91. The maximum absolute atomic E-state index is 13.0. The third-order valence-electron chi connectivity index (χ3n) is 5.07. The van der Waals surface area contributed by atoms with E-state index in [1.54, 1.807) is 0 Å². The number of carbonyl (C=O) groups is 2. The molecule has 0 spiro atoms. The molecule has 2 aromatic rings. The van der Waals surface area contributed by atoms with Gasteiger partial charge in [0, 0.05) is 24.6 Å². The number of likely N-dealkylation sites (tertiary alicyclic amines) is 1. The van der Waals surface area contributed by atoms with Gasteiger partial charge in [-0.1, -0.05) is 18.2 Å². The van der Waals surface area contributed by atoms with E-state index in [0.717, 1.165) is 29.8 Å². The smallest absolute Gasteiger partial charge is 0.252 e. The molecule has 0 radical (unpaired) electrons. The zero-order valence-electron chi connectivity index (χ0n) is 13.8. The molecule has 2 atom stereocenters. The molecule has 4 rings (SSSR count). The van der Waals surface area contributed by atoms with Gasteiger partial charge in [-0.2, -0.15) is 5.10 Å². The number of aromatic amines is 1. The van der Waals surface area contributed by atoms with Gasteiger partial charge in [0.15, 0.2) is 0 Å². The molecule has 0 unspecified atom stereocenters. The van der Waals surface area contributed by atoms with Gasteiger partial charge in [0.1, 0.15) is 18.3 Å². The minimum absolute atomic E-state index is 0.0419. The van der Waals surface area contributed by atoms with Crippen molar-refractivity contribution in [3.63, 3.8) is 0 Å². The number of piperidine rings is 1. The number of carbonyl (C=O) groups excluding carboxylic acids is 2. The van der Waals surface area contributed by atoms with Gasteiger partial charge in [-0.15, -0.1) is 0 Å². The highest BCUT2D eigenvalue weighted by atomic mass is 16.5. The molecule has 1 fully saturated rings. The molecule has 2 aliphatic heterocycles. The first-order chi connectivity index (χ1) is 12.1. The Kier molecular flexibility index (Phi) is 3.91. The Bertz CT molecular complexity index is 816. The highest BCUT2D eigenvalue weighted by Crippen LogP contribution is 2.36. The van der Waals surface area contributed by atoms with E-state index in [1.807, 2.05) is 29.2 Å². The number of benzene rings is 1. The number of fused-ring (bicyclic) bond motifs is 1. The van der Waals surface area contributed by atoms with E-state index in [2.05, 4.69) is 10.2 Å². The van der Waals surface area contributed by atoms with Crippen LogP contribution in [0, 0.1) is 0 Å². The van der Waals surface area contributed by atoms with E-state index in [9.17, 15) is 9.59 Å². The van der Waals surface area contributed by atoms with Crippen LogP contribution in [0.1, 0.15) is 46.3 Å². The van der Waals surface area contributed by atoms with Crippen molar-refractivity contribution < 1.29 is 14.3 Å². The van der Waals surface area contributed by atoms with E-state index in [-0.39, 0.29) is 17.7 Å². The summed E-state index contributed by atoms with van der Waals surface area (Å²) in [6.45, 7) is 1.66. The Labute approximate surface area is 145 Å². The molecular formula is C18H20N4O3. The monoisotopic (exact) mass is 340 g/mol. The summed E-state index contributed by atoms with van der Waals surface area (Å²) in [6, 6.07) is 7.68. The van der Waals surface area contributed by atoms with Crippen LogP contribution in [0.3, 0.4) is 0 Å². The van der Waals surface area contributed by atoms with Crippen LogP contribution in [0.2, 0.25) is 0 Å². The van der Waals surface area contributed by atoms with Crippen molar-refractivity contribution in [1.29, 1.82) is 0 Å². The molecule has 1 aromatic carbocycles. The molecule has 7 heteroatoms. The van der Waals surface area contributed by atoms with Gasteiger partial charge >= 0.3 is 0 Å². The van der Waals surface area contributed by atoms with Crippen LogP contribution in [0.4, 0.5) is 0 Å². The van der Waals surface area contributed by atoms with E-state index in [0.29, 0.717) is 25.3 Å². The second kappa shape index (κ2) is 6.23. The van der Waals surface area contributed by atoms with Crippen LogP contribution in [0.5, 0.6) is 5.75 Å². The minimum atomic E-state index is -0.495. The number of para-hydroxylation sites is 1. The summed E-state index contributed by atoms with van der Waals surface area (Å²) in [7, 11) is 0. The fraction of sp³-hybridized carbons (Fsp3) is 0.389. The number of hydrogen-bond acceptors (Lipinski definition) is 4. The number of rotatable bonds is 3. The molecular weight excluding hydrogens is 320 g/mol. The number of nitrogens with zero attached hydrogens (tertiary/aromatic N) is 2. The minimum Gasteiger partial charge on any atom is -0.492 e. The van der Waals surface area contributed by atoms with E-state index in [1.165, 1.54) is 6.20 Å². The Morgan fingerprint density at radius 2 is 2.16 bits per heavy atom. The summed E-state index contributed by atoms with van der Waals surface area (Å²) in [5, 5.41) is 6.83. The first-order valence-electron chi connectivity index (χ1n) is 8.48. The Hall–Kier alpha value is -2.83. The van der Waals surface area contributed by atoms with Crippen LogP contribution in [0.15, 0.2) is 30.5 Å². The SMILES string of the molecule is NC(=O)c1cn[nH]c1[C@H]1CCCN(C(=O)[C@@H]2COc3ccccc32)C1. The molecule has 1 saturated heterocycles. The van der Waals surface area contributed by atoms with Gasteiger partial charge in [0.2, 0.25) is 5.91 Å². The number of primary amides is 1. The van der Waals surface area contributed by atoms with Crippen molar-refractivity contribution in [2.45, 2.75) is 24.7 Å². The van der Waals surface area contributed by atoms with Crippen LogP contribution >= 0.6 is 0 Å². The molecule has 130 valence electrons. The third kappa shape index (κ3) is 2.75. The maximum atomic E-state index is 13.0. The number of nitrogens with two attached hydrogens (primary N) is 1. The van der Waals surface area contributed by atoms with Crippen LogP contribution in [-0.2, 0) is 4.79 Å². The number of hydrogen-bond donors (Lipinski definition) is 2. The van der Waals surface area contributed by atoms with Gasteiger partial charge in [0.05, 0.1) is 17.5 Å². The molecule has 1 aromatic heterocycles. The fourth-order valence-electron chi connectivity index (χ4n) is 3.80. The van der Waals surface area contributed by atoms with E-state index in [4.69, 9.17) is 10.5 Å². The van der Waals surface area contributed by atoms with Gasteiger partial charge in [-0.25, -0.2) is 0 Å². The van der Waals surface area contributed by atoms with Crippen LogP contribution in [0.25, 0.3) is 0 Å². The van der Waals surface area contributed by atoms with E-state index >= 15 is 0 Å². The lowest BCUT2D eigenvalue weighted by Gasteiger charge is -2.34. The molecule has 25 heavy (non-hydrogen) atoms. The van der Waals surface area contributed by atoms with Crippen molar-refractivity contribution in [3.05, 3.63) is 47.3 Å². The molecule has 2 aliphatic rings. The maximum Gasteiger partial charge on any atom is 0.252 e. The summed E-state index contributed by atoms with van der Waals surface area (Å²) in [6.07, 6.45) is 3.23. The normalized spacial score (nSPS) is 22.3. The average molecular weight is 340 g/mol. The quantitative estimate of drug-likeness (QED) is 0.881. The van der Waals surface area contributed by atoms with E-state index < -0.39 is 5.91 Å². The Balaban J connectivity index is 1.53. The summed E-state index contributed by atoms with van der Waals surface area (Å²) in [5.74, 6) is 0.159. The van der Waals surface area contributed by atoms with Gasteiger partial charge in [0.25, 0.3) is 5.91 Å². The van der Waals surface area contributed by atoms with Gasteiger partial charge < -0.3 is 15.4 Å².